The average Bonchev–Trinajstić information content (AvgIpc) is 2.63. The highest BCUT2D eigenvalue weighted by Gasteiger charge is 2.16. The van der Waals surface area contributed by atoms with E-state index in [1.165, 1.54) is 0 Å². The van der Waals surface area contributed by atoms with E-state index >= 15 is 0 Å². The molecule has 0 spiro atoms. The van der Waals surface area contributed by atoms with Crippen molar-refractivity contribution in [3.8, 4) is 0 Å². The van der Waals surface area contributed by atoms with E-state index in [9.17, 15) is 0 Å². The Kier molecular flexibility index (Phi) is 12.1. The Morgan fingerprint density at radius 2 is 1.89 bits per heavy atom. The molecule has 5 nitrogen and oxygen atoms in total. The molecule has 8 heteroatoms. The molecule has 1 atom stereocenters. The van der Waals surface area contributed by atoms with Crippen LogP contribution in [0.4, 0.5) is 0 Å². The van der Waals surface area contributed by atoms with E-state index in [2.05, 4.69) is 48.0 Å². The number of aliphatic imine (C=N–C) groups is 1. The number of nitrogens with zero attached hydrogens (tertiary/aromatic N) is 4. The van der Waals surface area contributed by atoms with Crippen molar-refractivity contribution in [2.45, 2.75) is 20.4 Å². The Bertz CT molecular complexity index is 621. The lowest BCUT2D eigenvalue weighted by Gasteiger charge is -2.33. The zero-order valence-corrected chi connectivity index (χ0v) is 21.3. The van der Waals surface area contributed by atoms with Crippen LogP contribution in [0.15, 0.2) is 23.2 Å². The molecule has 0 aromatic heterocycles. The van der Waals surface area contributed by atoms with Crippen LogP contribution in [0.3, 0.4) is 0 Å². The summed E-state index contributed by atoms with van der Waals surface area (Å²) in [6.07, 6.45) is 0. The fourth-order valence-corrected chi connectivity index (χ4v) is 3.55. The van der Waals surface area contributed by atoms with Crippen molar-refractivity contribution in [2.24, 2.45) is 10.9 Å². The molecular formula is C20H34Cl2IN5. The van der Waals surface area contributed by atoms with Crippen molar-refractivity contribution in [3.63, 3.8) is 0 Å². The third-order valence-corrected chi connectivity index (χ3v) is 5.56. The SMILES string of the molecule is CCNC(=NCC(C)CN1CCN(C)CC1)N(C)Cc1ccc(Cl)c(Cl)c1.I. The highest BCUT2D eigenvalue weighted by atomic mass is 127. The molecule has 0 radical (unpaired) electrons. The fourth-order valence-electron chi connectivity index (χ4n) is 3.23. The second-order valence-corrected chi connectivity index (χ2v) is 8.32. The summed E-state index contributed by atoms with van der Waals surface area (Å²) in [5, 5.41) is 4.56. The van der Waals surface area contributed by atoms with Gasteiger partial charge in [0.25, 0.3) is 0 Å². The van der Waals surface area contributed by atoms with Crippen LogP contribution in [-0.2, 0) is 6.54 Å². The molecule has 1 aromatic rings. The molecule has 1 saturated heterocycles. The van der Waals surface area contributed by atoms with Gasteiger partial charge in [0.1, 0.15) is 0 Å². The minimum absolute atomic E-state index is 0. The van der Waals surface area contributed by atoms with E-state index in [-0.39, 0.29) is 24.0 Å². The van der Waals surface area contributed by atoms with E-state index in [4.69, 9.17) is 28.2 Å². The van der Waals surface area contributed by atoms with E-state index < -0.39 is 0 Å². The van der Waals surface area contributed by atoms with Gasteiger partial charge in [0, 0.05) is 59.4 Å². The minimum Gasteiger partial charge on any atom is -0.357 e. The van der Waals surface area contributed by atoms with E-state index in [0.29, 0.717) is 16.0 Å². The topological polar surface area (TPSA) is 34.1 Å². The number of rotatable bonds is 7. The first-order chi connectivity index (χ1) is 12.9. The lowest BCUT2D eigenvalue weighted by molar-refractivity contribution is 0.140. The van der Waals surface area contributed by atoms with Gasteiger partial charge in [-0.15, -0.1) is 24.0 Å². The van der Waals surface area contributed by atoms with Crippen LogP contribution in [0.1, 0.15) is 19.4 Å². The molecule has 1 aliphatic heterocycles. The second-order valence-electron chi connectivity index (χ2n) is 7.51. The number of guanidine groups is 1. The zero-order chi connectivity index (χ0) is 19.8. The smallest absolute Gasteiger partial charge is 0.193 e. The maximum Gasteiger partial charge on any atom is 0.193 e. The Balaban J connectivity index is 0.00000392. The maximum absolute atomic E-state index is 6.14. The summed E-state index contributed by atoms with van der Waals surface area (Å²) in [7, 11) is 4.24. The molecule has 0 saturated carbocycles. The van der Waals surface area contributed by atoms with Crippen molar-refractivity contribution >= 4 is 53.1 Å². The lowest BCUT2D eigenvalue weighted by atomic mass is 10.1. The monoisotopic (exact) mass is 541 g/mol. The molecular weight excluding hydrogens is 508 g/mol. The normalized spacial score (nSPS) is 17.1. The van der Waals surface area contributed by atoms with Crippen molar-refractivity contribution in [1.29, 1.82) is 0 Å². The Labute approximate surface area is 197 Å². The third-order valence-electron chi connectivity index (χ3n) is 4.82. The van der Waals surface area contributed by atoms with Crippen molar-refractivity contribution in [3.05, 3.63) is 33.8 Å². The Morgan fingerprint density at radius 3 is 2.50 bits per heavy atom. The largest absolute Gasteiger partial charge is 0.357 e. The molecule has 0 bridgehead atoms. The van der Waals surface area contributed by atoms with Gasteiger partial charge in [-0.05, 0) is 37.6 Å². The Hall–Kier alpha value is -0.280. The standard InChI is InChI=1S/C20H33Cl2N5.HI/c1-5-23-20(26(4)15-17-6-7-18(21)19(22)12-17)24-13-16(2)14-27-10-8-25(3)9-11-27;/h6-7,12,16H,5,8-11,13-15H2,1-4H3,(H,23,24);1H. The molecule has 1 aromatic carbocycles. The fraction of sp³-hybridized carbons (Fsp3) is 0.650. The molecule has 1 heterocycles. The van der Waals surface area contributed by atoms with E-state index in [1.807, 2.05) is 18.2 Å². The zero-order valence-electron chi connectivity index (χ0n) is 17.4. The predicted octanol–water partition coefficient (Wildman–Crippen LogP) is 3.89. The quantitative estimate of drug-likeness (QED) is 0.322. The molecule has 0 amide bonds. The maximum atomic E-state index is 6.14. The minimum atomic E-state index is 0. The summed E-state index contributed by atoms with van der Waals surface area (Å²) in [5.74, 6) is 1.45. The first-order valence-corrected chi connectivity index (χ1v) is 10.5. The van der Waals surface area contributed by atoms with Gasteiger partial charge in [-0.3, -0.25) is 4.99 Å². The van der Waals surface area contributed by atoms with E-state index in [1.54, 1.807) is 0 Å². The van der Waals surface area contributed by atoms with Crippen molar-refractivity contribution in [2.75, 3.05) is 59.9 Å². The summed E-state index contributed by atoms with van der Waals surface area (Å²) in [4.78, 5) is 11.9. The van der Waals surface area contributed by atoms with Gasteiger partial charge in [0.2, 0.25) is 0 Å². The van der Waals surface area contributed by atoms with Gasteiger partial charge in [0.05, 0.1) is 10.0 Å². The summed E-state index contributed by atoms with van der Waals surface area (Å²) < 4.78 is 0. The van der Waals surface area contributed by atoms with Crippen LogP contribution in [0.25, 0.3) is 0 Å². The van der Waals surface area contributed by atoms with Gasteiger partial charge in [0.15, 0.2) is 5.96 Å². The average molecular weight is 542 g/mol. The summed E-state index contributed by atoms with van der Waals surface area (Å²) >= 11 is 12.2. The molecule has 0 aliphatic carbocycles. The number of piperazine rings is 1. The number of benzene rings is 1. The van der Waals surface area contributed by atoms with Gasteiger partial charge < -0.3 is 20.0 Å². The molecule has 1 aliphatic rings. The number of hydrogen-bond donors (Lipinski definition) is 1. The molecule has 28 heavy (non-hydrogen) atoms. The summed E-state index contributed by atoms with van der Waals surface area (Å²) in [6.45, 7) is 12.5. The van der Waals surface area contributed by atoms with Gasteiger partial charge in [-0.1, -0.05) is 36.2 Å². The second kappa shape index (κ2) is 13.1. The van der Waals surface area contributed by atoms with E-state index in [0.717, 1.165) is 63.9 Å². The number of likely N-dealkylation sites (N-methyl/N-ethyl adjacent to an activating group) is 1. The van der Waals surface area contributed by atoms with Gasteiger partial charge >= 0.3 is 0 Å². The number of hydrogen-bond acceptors (Lipinski definition) is 3. The number of halogens is 3. The van der Waals surface area contributed by atoms with Crippen molar-refractivity contribution < 1.29 is 0 Å². The summed E-state index contributed by atoms with van der Waals surface area (Å²) in [5.41, 5.74) is 1.11. The van der Waals surface area contributed by atoms with Crippen LogP contribution in [0, 0.1) is 5.92 Å². The van der Waals surface area contributed by atoms with Crippen LogP contribution in [0.2, 0.25) is 10.0 Å². The molecule has 1 unspecified atom stereocenters. The van der Waals surface area contributed by atoms with Crippen LogP contribution >= 0.6 is 47.2 Å². The van der Waals surface area contributed by atoms with Crippen LogP contribution in [0.5, 0.6) is 0 Å². The van der Waals surface area contributed by atoms with Gasteiger partial charge in [-0.2, -0.15) is 0 Å². The first-order valence-electron chi connectivity index (χ1n) is 9.73. The molecule has 1 N–H and O–H groups in total. The summed E-state index contributed by atoms with van der Waals surface area (Å²) in [6, 6.07) is 5.76. The first kappa shape index (κ1) is 25.8. The predicted molar refractivity (Wildman–Crippen MR) is 132 cm³/mol. The highest BCUT2D eigenvalue weighted by Crippen LogP contribution is 2.23. The highest BCUT2D eigenvalue weighted by molar-refractivity contribution is 14.0. The lowest BCUT2D eigenvalue weighted by Crippen LogP contribution is -2.46. The molecule has 160 valence electrons. The van der Waals surface area contributed by atoms with Crippen LogP contribution in [-0.4, -0.2) is 80.6 Å². The molecule has 2 rings (SSSR count). The van der Waals surface area contributed by atoms with Gasteiger partial charge in [-0.25, -0.2) is 0 Å². The third kappa shape index (κ3) is 8.61. The molecule has 1 fully saturated rings. The number of nitrogens with one attached hydrogen (secondary N) is 1. The Morgan fingerprint density at radius 1 is 1.21 bits per heavy atom. The van der Waals surface area contributed by atoms with Crippen molar-refractivity contribution in [1.82, 2.24) is 20.0 Å². The van der Waals surface area contributed by atoms with Crippen LogP contribution < -0.4 is 5.32 Å².